The average molecular weight is 223 g/mol. The molecule has 0 aromatic carbocycles. The van der Waals surface area contributed by atoms with Crippen LogP contribution < -0.4 is 10.5 Å². The molecule has 0 aromatic rings. The second kappa shape index (κ2) is 5.65. The van der Waals surface area contributed by atoms with Gasteiger partial charge in [-0.15, -0.1) is 0 Å². The van der Waals surface area contributed by atoms with Crippen molar-refractivity contribution >= 4 is 10.2 Å². The van der Waals surface area contributed by atoms with Crippen molar-refractivity contribution in [2.45, 2.75) is 26.8 Å². The molecule has 0 radical (unpaired) electrons. The predicted octanol–water partition coefficient (Wildman–Crippen LogP) is -0.244. The first kappa shape index (κ1) is 13.8. The maximum absolute atomic E-state index is 11.6. The van der Waals surface area contributed by atoms with Crippen molar-refractivity contribution in [1.82, 2.24) is 9.03 Å². The monoisotopic (exact) mass is 223 g/mol. The third kappa shape index (κ3) is 4.36. The van der Waals surface area contributed by atoms with E-state index in [2.05, 4.69) is 4.72 Å². The molecule has 0 fully saturated rings. The molecule has 0 aliphatic carbocycles. The number of hydrogen-bond acceptors (Lipinski definition) is 3. The van der Waals surface area contributed by atoms with Gasteiger partial charge >= 0.3 is 0 Å². The topological polar surface area (TPSA) is 75.4 Å². The fourth-order valence-corrected chi connectivity index (χ4v) is 1.96. The van der Waals surface area contributed by atoms with E-state index in [1.165, 1.54) is 4.31 Å². The van der Waals surface area contributed by atoms with E-state index in [1.54, 1.807) is 7.05 Å². The van der Waals surface area contributed by atoms with Crippen molar-refractivity contribution in [3.8, 4) is 0 Å². The van der Waals surface area contributed by atoms with Crippen LogP contribution in [0.5, 0.6) is 0 Å². The predicted molar refractivity (Wildman–Crippen MR) is 58.0 cm³/mol. The Morgan fingerprint density at radius 2 is 1.86 bits per heavy atom. The van der Waals surface area contributed by atoms with Crippen molar-refractivity contribution in [2.75, 3.05) is 20.1 Å². The minimum Gasteiger partial charge on any atom is -0.330 e. The van der Waals surface area contributed by atoms with Gasteiger partial charge in [-0.3, -0.25) is 0 Å². The second-order valence-electron chi connectivity index (χ2n) is 3.80. The molecule has 0 saturated heterocycles. The zero-order valence-electron chi connectivity index (χ0n) is 9.32. The van der Waals surface area contributed by atoms with E-state index >= 15 is 0 Å². The number of rotatable bonds is 6. The third-order valence-corrected chi connectivity index (χ3v) is 3.83. The summed E-state index contributed by atoms with van der Waals surface area (Å²) in [6, 6.07) is -0.0410. The Hall–Kier alpha value is -0.170. The van der Waals surface area contributed by atoms with Crippen LogP contribution in [0.15, 0.2) is 0 Å². The van der Waals surface area contributed by atoms with E-state index in [0.717, 1.165) is 0 Å². The average Bonchev–Trinajstić information content (AvgIpc) is 2.12. The molecule has 0 heterocycles. The molecular formula is C8H21N3O2S. The smallest absolute Gasteiger partial charge is 0.279 e. The van der Waals surface area contributed by atoms with Crippen molar-refractivity contribution in [3.63, 3.8) is 0 Å². The van der Waals surface area contributed by atoms with Crippen molar-refractivity contribution in [1.29, 1.82) is 0 Å². The van der Waals surface area contributed by atoms with Crippen LogP contribution in [-0.2, 0) is 10.2 Å². The largest absolute Gasteiger partial charge is 0.330 e. The minimum absolute atomic E-state index is 0.0410. The van der Waals surface area contributed by atoms with Crippen LogP contribution in [-0.4, -0.2) is 38.9 Å². The number of hydrogen-bond donors (Lipinski definition) is 2. The van der Waals surface area contributed by atoms with E-state index in [4.69, 9.17) is 5.73 Å². The van der Waals surface area contributed by atoms with Gasteiger partial charge in [0.2, 0.25) is 0 Å². The highest BCUT2D eigenvalue weighted by Crippen LogP contribution is 2.01. The lowest BCUT2D eigenvalue weighted by atomic mass is 10.2. The first-order valence-electron chi connectivity index (χ1n) is 4.74. The highest BCUT2D eigenvalue weighted by atomic mass is 32.2. The van der Waals surface area contributed by atoms with Gasteiger partial charge in [0.1, 0.15) is 0 Å². The van der Waals surface area contributed by atoms with E-state index in [-0.39, 0.29) is 12.0 Å². The number of nitrogens with two attached hydrogens (primary N) is 1. The summed E-state index contributed by atoms with van der Waals surface area (Å²) in [4.78, 5) is 0. The third-order valence-electron chi connectivity index (χ3n) is 2.12. The van der Waals surface area contributed by atoms with Gasteiger partial charge in [-0.25, -0.2) is 4.72 Å². The summed E-state index contributed by atoms with van der Waals surface area (Å²) >= 11 is 0. The lowest BCUT2D eigenvalue weighted by Crippen LogP contribution is -2.43. The molecule has 0 aliphatic rings. The Balaban J connectivity index is 4.22. The summed E-state index contributed by atoms with van der Waals surface area (Å²) in [6.45, 7) is 6.42. The first-order valence-corrected chi connectivity index (χ1v) is 6.18. The van der Waals surface area contributed by atoms with Crippen LogP contribution in [0, 0.1) is 5.92 Å². The molecule has 0 amide bonds. The number of nitrogens with zero attached hydrogens (tertiary/aromatic N) is 1. The Kier molecular flexibility index (Phi) is 5.58. The standard InChI is InChI=1S/C8H21N3O2S/c1-7(2)11(4)14(12,13)10-6-8(3)5-9/h7-8,10H,5-6,9H2,1-4H3. The Morgan fingerprint density at radius 3 is 2.21 bits per heavy atom. The highest BCUT2D eigenvalue weighted by molar-refractivity contribution is 7.87. The molecule has 0 saturated carbocycles. The molecular weight excluding hydrogens is 202 g/mol. The van der Waals surface area contributed by atoms with Crippen LogP contribution in [0.4, 0.5) is 0 Å². The van der Waals surface area contributed by atoms with Gasteiger partial charge in [0.05, 0.1) is 0 Å². The fraction of sp³-hybridized carbons (Fsp3) is 1.00. The van der Waals surface area contributed by atoms with Crippen molar-refractivity contribution < 1.29 is 8.42 Å². The van der Waals surface area contributed by atoms with Crippen LogP contribution >= 0.6 is 0 Å². The van der Waals surface area contributed by atoms with Gasteiger partial charge in [0, 0.05) is 19.6 Å². The molecule has 1 unspecified atom stereocenters. The van der Waals surface area contributed by atoms with E-state index in [0.29, 0.717) is 13.1 Å². The quantitative estimate of drug-likeness (QED) is 0.652. The summed E-state index contributed by atoms with van der Waals surface area (Å²) in [6.07, 6.45) is 0. The highest BCUT2D eigenvalue weighted by Gasteiger charge is 2.20. The molecule has 0 spiro atoms. The molecule has 14 heavy (non-hydrogen) atoms. The van der Waals surface area contributed by atoms with Crippen molar-refractivity contribution in [2.24, 2.45) is 11.7 Å². The van der Waals surface area contributed by atoms with Gasteiger partial charge in [-0.1, -0.05) is 6.92 Å². The summed E-state index contributed by atoms with van der Waals surface area (Å²) in [5.74, 6) is 0.158. The van der Waals surface area contributed by atoms with Crippen LogP contribution in [0.1, 0.15) is 20.8 Å². The lowest BCUT2D eigenvalue weighted by molar-refractivity contribution is 0.398. The zero-order valence-corrected chi connectivity index (χ0v) is 10.1. The zero-order chi connectivity index (χ0) is 11.4. The normalized spacial score (nSPS) is 15.1. The Bertz CT molecular complexity index is 251. The molecule has 0 aromatic heterocycles. The lowest BCUT2D eigenvalue weighted by Gasteiger charge is -2.22. The Morgan fingerprint density at radius 1 is 1.36 bits per heavy atom. The summed E-state index contributed by atoms with van der Waals surface area (Å²) in [7, 11) is -1.78. The van der Waals surface area contributed by atoms with Gasteiger partial charge in [0.25, 0.3) is 10.2 Å². The molecule has 3 N–H and O–H groups in total. The Labute approximate surface area is 86.8 Å². The van der Waals surface area contributed by atoms with E-state index in [9.17, 15) is 8.42 Å². The SMILES string of the molecule is CC(CN)CNS(=O)(=O)N(C)C(C)C. The molecule has 0 bridgehead atoms. The molecule has 5 nitrogen and oxygen atoms in total. The molecule has 0 aliphatic heterocycles. The van der Waals surface area contributed by atoms with Crippen LogP contribution in [0.3, 0.4) is 0 Å². The van der Waals surface area contributed by atoms with Crippen molar-refractivity contribution in [3.05, 3.63) is 0 Å². The fourth-order valence-electron chi connectivity index (χ4n) is 0.710. The maximum atomic E-state index is 11.6. The van der Waals surface area contributed by atoms with Crippen LogP contribution in [0.25, 0.3) is 0 Å². The summed E-state index contributed by atoms with van der Waals surface area (Å²) < 4.78 is 26.9. The molecule has 1 atom stereocenters. The van der Waals surface area contributed by atoms with Gasteiger partial charge in [0.15, 0.2) is 0 Å². The maximum Gasteiger partial charge on any atom is 0.279 e. The second-order valence-corrected chi connectivity index (χ2v) is 5.62. The van der Waals surface area contributed by atoms with E-state index < -0.39 is 10.2 Å². The minimum atomic E-state index is -3.34. The first-order chi connectivity index (χ1) is 6.31. The number of nitrogens with one attached hydrogen (secondary N) is 1. The van der Waals surface area contributed by atoms with Gasteiger partial charge in [-0.05, 0) is 26.3 Å². The van der Waals surface area contributed by atoms with Gasteiger partial charge in [-0.2, -0.15) is 12.7 Å². The van der Waals surface area contributed by atoms with E-state index in [1.807, 2.05) is 20.8 Å². The molecule has 6 heteroatoms. The van der Waals surface area contributed by atoms with Crippen LogP contribution in [0.2, 0.25) is 0 Å². The molecule has 0 rings (SSSR count). The van der Waals surface area contributed by atoms with Gasteiger partial charge < -0.3 is 5.73 Å². The molecule has 86 valence electrons. The summed E-state index contributed by atoms with van der Waals surface area (Å²) in [5, 5.41) is 0. The summed E-state index contributed by atoms with van der Waals surface area (Å²) in [5.41, 5.74) is 5.39.